The molecule has 0 aliphatic carbocycles. The maximum absolute atomic E-state index is 11.0. The van der Waals surface area contributed by atoms with Gasteiger partial charge in [0.15, 0.2) is 0 Å². The van der Waals surface area contributed by atoms with Gasteiger partial charge in [0.1, 0.15) is 0 Å². The molecule has 0 amide bonds. The Labute approximate surface area is 89.0 Å². The molecule has 78 valence electrons. The Bertz CT molecular complexity index is 376. The van der Waals surface area contributed by atoms with E-state index in [0.29, 0.717) is 12.0 Å². The van der Waals surface area contributed by atoms with Crippen LogP contribution in [0.5, 0.6) is 0 Å². The lowest BCUT2D eigenvalue weighted by molar-refractivity contribution is -0.139. The average Bonchev–Trinajstić information content (AvgIpc) is 2.26. The molecule has 0 heterocycles. The fourth-order valence-corrected chi connectivity index (χ4v) is 1.51. The van der Waals surface area contributed by atoms with E-state index >= 15 is 0 Å². The molecule has 0 bridgehead atoms. The summed E-state index contributed by atoms with van der Waals surface area (Å²) in [5.41, 5.74) is 1.32. The Morgan fingerprint density at radius 2 is 2.07 bits per heavy atom. The zero-order chi connectivity index (χ0) is 11.3. The van der Waals surface area contributed by atoms with Gasteiger partial charge in [-0.2, -0.15) is 5.26 Å². The van der Waals surface area contributed by atoms with Crippen molar-refractivity contribution in [2.75, 3.05) is 0 Å². The lowest BCUT2D eigenvalue weighted by Gasteiger charge is -2.11. The van der Waals surface area contributed by atoms with E-state index in [-0.39, 0.29) is 0 Å². The number of carboxylic acids is 1. The van der Waals surface area contributed by atoms with E-state index in [1.165, 1.54) is 0 Å². The van der Waals surface area contributed by atoms with Crippen LogP contribution in [-0.4, -0.2) is 11.1 Å². The standard InChI is InChI=1S/C12H13NO2/c1-2-3-11(12(14)15)10-6-4-9(8-13)5-7-10/h4-7,11H,2-3H2,1H3,(H,14,15). The van der Waals surface area contributed by atoms with Gasteiger partial charge in [-0.05, 0) is 24.1 Å². The van der Waals surface area contributed by atoms with Gasteiger partial charge in [-0.3, -0.25) is 4.79 Å². The van der Waals surface area contributed by atoms with Gasteiger partial charge in [0.25, 0.3) is 0 Å². The van der Waals surface area contributed by atoms with E-state index in [1.807, 2.05) is 13.0 Å². The molecule has 0 fully saturated rings. The monoisotopic (exact) mass is 203 g/mol. The summed E-state index contributed by atoms with van der Waals surface area (Å²) in [5.74, 6) is -1.26. The van der Waals surface area contributed by atoms with Crippen LogP contribution < -0.4 is 0 Å². The summed E-state index contributed by atoms with van der Waals surface area (Å²) in [4.78, 5) is 11.0. The van der Waals surface area contributed by atoms with Crippen molar-refractivity contribution in [1.82, 2.24) is 0 Å². The fraction of sp³-hybridized carbons (Fsp3) is 0.333. The molecule has 0 radical (unpaired) electrons. The zero-order valence-corrected chi connectivity index (χ0v) is 8.60. The SMILES string of the molecule is CCCC(C(=O)O)c1ccc(C#N)cc1. The first-order valence-electron chi connectivity index (χ1n) is 4.92. The minimum Gasteiger partial charge on any atom is -0.481 e. The number of nitrogens with zero attached hydrogens (tertiary/aromatic N) is 1. The van der Waals surface area contributed by atoms with Gasteiger partial charge < -0.3 is 5.11 Å². The lowest BCUT2D eigenvalue weighted by atomic mass is 9.94. The number of carbonyl (C=O) groups is 1. The van der Waals surface area contributed by atoms with Crippen molar-refractivity contribution in [3.8, 4) is 6.07 Å². The van der Waals surface area contributed by atoms with E-state index in [2.05, 4.69) is 0 Å². The largest absolute Gasteiger partial charge is 0.481 e. The quantitative estimate of drug-likeness (QED) is 0.817. The van der Waals surface area contributed by atoms with Gasteiger partial charge in [0.05, 0.1) is 17.6 Å². The maximum atomic E-state index is 11.0. The molecule has 3 nitrogen and oxygen atoms in total. The average molecular weight is 203 g/mol. The minimum absolute atomic E-state index is 0.456. The molecular weight excluding hydrogens is 190 g/mol. The summed E-state index contributed by atoms with van der Waals surface area (Å²) in [6, 6.07) is 8.74. The van der Waals surface area contributed by atoms with Crippen LogP contribution in [0.15, 0.2) is 24.3 Å². The molecule has 0 saturated heterocycles. The highest BCUT2D eigenvalue weighted by molar-refractivity contribution is 5.76. The molecule has 0 saturated carbocycles. The van der Waals surface area contributed by atoms with Crippen LogP contribution in [0, 0.1) is 11.3 Å². The molecule has 1 N–H and O–H groups in total. The predicted molar refractivity (Wildman–Crippen MR) is 56.4 cm³/mol. The number of aliphatic carboxylic acids is 1. The van der Waals surface area contributed by atoms with Gasteiger partial charge in [-0.15, -0.1) is 0 Å². The van der Waals surface area contributed by atoms with Gasteiger partial charge in [0, 0.05) is 0 Å². The van der Waals surface area contributed by atoms with Crippen molar-refractivity contribution in [3.63, 3.8) is 0 Å². The van der Waals surface area contributed by atoms with E-state index in [0.717, 1.165) is 12.0 Å². The highest BCUT2D eigenvalue weighted by atomic mass is 16.4. The first kappa shape index (κ1) is 11.3. The highest BCUT2D eigenvalue weighted by Gasteiger charge is 2.18. The topological polar surface area (TPSA) is 61.1 Å². The number of benzene rings is 1. The second-order valence-electron chi connectivity index (χ2n) is 3.41. The summed E-state index contributed by atoms with van der Waals surface area (Å²) in [5, 5.41) is 17.6. The van der Waals surface area contributed by atoms with Crippen LogP contribution in [-0.2, 0) is 4.79 Å². The Morgan fingerprint density at radius 1 is 1.47 bits per heavy atom. The molecular formula is C12H13NO2. The fourth-order valence-electron chi connectivity index (χ4n) is 1.51. The van der Waals surface area contributed by atoms with Gasteiger partial charge in [0.2, 0.25) is 0 Å². The zero-order valence-electron chi connectivity index (χ0n) is 8.60. The molecule has 0 spiro atoms. The van der Waals surface area contributed by atoms with Crippen molar-refractivity contribution in [1.29, 1.82) is 5.26 Å². The minimum atomic E-state index is -0.804. The van der Waals surface area contributed by atoms with Crippen molar-refractivity contribution in [3.05, 3.63) is 35.4 Å². The van der Waals surface area contributed by atoms with E-state index in [1.54, 1.807) is 24.3 Å². The van der Waals surface area contributed by atoms with Crippen LogP contribution in [0.1, 0.15) is 36.8 Å². The number of rotatable bonds is 4. The molecule has 1 aromatic carbocycles. The smallest absolute Gasteiger partial charge is 0.310 e. The Hall–Kier alpha value is -1.82. The number of hydrogen-bond acceptors (Lipinski definition) is 2. The molecule has 0 aliphatic rings. The van der Waals surface area contributed by atoms with Crippen molar-refractivity contribution < 1.29 is 9.90 Å². The molecule has 0 aliphatic heterocycles. The molecule has 0 aromatic heterocycles. The second-order valence-corrected chi connectivity index (χ2v) is 3.41. The lowest BCUT2D eigenvalue weighted by Crippen LogP contribution is -2.11. The van der Waals surface area contributed by atoms with E-state index in [4.69, 9.17) is 10.4 Å². The van der Waals surface area contributed by atoms with Crippen LogP contribution in [0.3, 0.4) is 0 Å². The molecule has 1 aromatic rings. The van der Waals surface area contributed by atoms with Crippen molar-refractivity contribution >= 4 is 5.97 Å². The van der Waals surface area contributed by atoms with Crippen molar-refractivity contribution in [2.45, 2.75) is 25.7 Å². The van der Waals surface area contributed by atoms with Gasteiger partial charge in [-0.1, -0.05) is 25.5 Å². The van der Waals surface area contributed by atoms with Crippen LogP contribution >= 0.6 is 0 Å². The van der Waals surface area contributed by atoms with Gasteiger partial charge >= 0.3 is 5.97 Å². The third-order valence-electron chi connectivity index (χ3n) is 2.32. The molecule has 1 unspecified atom stereocenters. The van der Waals surface area contributed by atoms with Crippen LogP contribution in [0.2, 0.25) is 0 Å². The van der Waals surface area contributed by atoms with Crippen LogP contribution in [0.4, 0.5) is 0 Å². The number of nitriles is 1. The second kappa shape index (κ2) is 5.16. The first-order valence-corrected chi connectivity index (χ1v) is 4.92. The molecule has 1 atom stereocenters. The number of hydrogen-bond donors (Lipinski definition) is 1. The third kappa shape index (κ3) is 2.81. The Balaban J connectivity index is 2.92. The molecule has 15 heavy (non-hydrogen) atoms. The summed E-state index contributed by atoms with van der Waals surface area (Å²) >= 11 is 0. The third-order valence-corrected chi connectivity index (χ3v) is 2.32. The molecule has 1 rings (SSSR count). The summed E-state index contributed by atoms with van der Waals surface area (Å²) in [6.45, 7) is 1.96. The first-order chi connectivity index (χ1) is 7.19. The van der Waals surface area contributed by atoms with E-state index in [9.17, 15) is 4.79 Å². The number of carboxylic acid groups (broad SMARTS) is 1. The highest BCUT2D eigenvalue weighted by Crippen LogP contribution is 2.21. The van der Waals surface area contributed by atoms with Gasteiger partial charge in [-0.25, -0.2) is 0 Å². The summed E-state index contributed by atoms with van der Waals surface area (Å²) in [7, 11) is 0. The summed E-state index contributed by atoms with van der Waals surface area (Å²) in [6.07, 6.45) is 1.46. The Morgan fingerprint density at radius 3 is 2.47 bits per heavy atom. The predicted octanol–water partition coefficient (Wildman–Crippen LogP) is 2.53. The Kier molecular flexibility index (Phi) is 3.87. The maximum Gasteiger partial charge on any atom is 0.310 e. The van der Waals surface area contributed by atoms with Crippen LogP contribution in [0.25, 0.3) is 0 Å². The van der Waals surface area contributed by atoms with Crippen molar-refractivity contribution in [2.24, 2.45) is 0 Å². The normalized spacial score (nSPS) is 11.7. The van der Waals surface area contributed by atoms with E-state index < -0.39 is 11.9 Å². The molecule has 3 heteroatoms. The summed E-state index contributed by atoms with van der Waals surface area (Å²) < 4.78 is 0.